The van der Waals surface area contributed by atoms with Crippen molar-refractivity contribution in [3.05, 3.63) is 0 Å². The van der Waals surface area contributed by atoms with E-state index in [0.29, 0.717) is 6.54 Å². The summed E-state index contributed by atoms with van der Waals surface area (Å²) >= 11 is 1.71. The first-order valence-electron chi connectivity index (χ1n) is 5.73. The molecule has 0 bridgehead atoms. The fourth-order valence-electron chi connectivity index (χ4n) is 1.76. The summed E-state index contributed by atoms with van der Waals surface area (Å²) in [6.45, 7) is 3.40. The van der Waals surface area contributed by atoms with Crippen LogP contribution in [0.1, 0.15) is 26.2 Å². The van der Waals surface area contributed by atoms with Gasteiger partial charge in [0.05, 0.1) is 11.6 Å². The highest BCUT2D eigenvalue weighted by Crippen LogP contribution is 2.23. The fraction of sp³-hybridized carbons (Fsp3) is 0.909. The number of nitrogens with two attached hydrogens (primary N) is 1. The topological polar surface area (TPSA) is 64.4 Å². The summed E-state index contributed by atoms with van der Waals surface area (Å²) in [5.74, 6) is 0.855. The van der Waals surface area contributed by atoms with Gasteiger partial charge in [0, 0.05) is 13.2 Å². The molecule has 1 saturated heterocycles. The molecule has 0 aromatic heterocycles. The van der Waals surface area contributed by atoms with Crippen molar-refractivity contribution in [3.63, 3.8) is 0 Å². The number of thioether (sulfide) groups is 1. The van der Waals surface area contributed by atoms with Crippen LogP contribution in [-0.2, 0) is 9.53 Å². The second kappa shape index (κ2) is 6.47. The lowest BCUT2D eigenvalue weighted by molar-refractivity contribution is -0.123. The van der Waals surface area contributed by atoms with Crippen molar-refractivity contribution < 1.29 is 9.53 Å². The highest BCUT2D eigenvalue weighted by molar-refractivity contribution is 7.98. The van der Waals surface area contributed by atoms with Crippen molar-refractivity contribution in [2.75, 3.05) is 25.2 Å². The molecule has 0 aromatic rings. The van der Waals surface area contributed by atoms with Crippen molar-refractivity contribution in [1.29, 1.82) is 0 Å². The van der Waals surface area contributed by atoms with Crippen LogP contribution >= 0.6 is 11.8 Å². The van der Waals surface area contributed by atoms with Crippen molar-refractivity contribution in [1.82, 2.24) is 5.32 Å². The Morgan fingerprint density at radius 1 is 1.69 bits per heavy atom. The molecule has 0 spiro atoms. The van der Waals surface area contributed by atoms with E-state index < -0.39 is 6.04 Å². The minimum atomic E-state index is -0.391. The quantitative estimate of drug-likeness (QED) is 0.726. The van der Waals surface area contributed by atoms with E-state index in [1.54, 1.807) is 11.8 Å². The lowest BCUT2D eigenvalue weighted by Crippen LogP contribution is -2.47. The summed E-state index contributed by atoms with van der Waals surface area (Å²) in [5.41, 5.74) is 5.58. The van der Waals surface area contributed by atoms with E-state index in [2.05, 4.69) is 5.32 Å². The van der Waals surface area contributed by atoms with Crippen LogP contribution in [-0.4, -0.2) is 42.7 Å². The zero-order valence-corrected chi connectivity index (χ0v) is 10.9. The molecule has 16 heavy (non-hydrogen) atoms. The van der Waals surface area contributed by atoms with Crippen molar-refractivity contribution in [2.24, 2.45) is 5.73 Å². The Balaban J connectivity index is 2.23. The Morgan fingerprint density at radius 3 is 3.00 bits per heavy atom. The van der Waals surface area contributed by atoms with Crippen LogP contribution < -0.4 is 11.1 Å². The molecule has 94 valence electrons. The second-order valence-corrected chi connectivity index (χ2v) is 5.49. The minimum absolute atomic E-state index is 0.0641. The molecule has 1 unspecified atom stereocenters. The molecular formula is C11H22N2O2S. The lowest BCUT2D eigenvalue weighted by Gasteiger charge is -2.24. The van der Waals surface area contributed by atoms with Gasteiger partial charge in [-0.1, -0.05) is 0 Å². The smallest absolute Gasteiger partial charge is 0.237 e. The minimum Gasteiger partial charge on any atom is -0.373 e. The van der Waals surface area contributed by atoms with E-state index in [9.17, 15) is 4.79 Å². The molecular weight excluding hydrogens is 224 g/mol. The van der Waals surface area contributed by atoms with E-state index in [-0.39, 0.29) is 11.5 Å². The van der Waals surface area contributed by atoms with Gasteiger partial charge >= 0.3 is 0 Å². The summed E-state index contributed by atoms with van der Waals surface area (Å²) in [6.07, 6.45) is 4.82. The third kappa shape index (κ3) is 4.31. The number of carbonyl (C=O) groups is 1. The van der Waals surface area contributed by atoms with E-state index in [0.717, 1.165) is 31.6 Å². The van der Waals surface area contributed by atoms with Crippen molar-refractivity contribution in [2.45, 2.75) is 37.8 Å². The molecule has 1 heterocycles. The predicted octanol–water partition coefficient (Wildman–Crippen LogP) is 0.752. The molecule has 0 aromatic carbocycles. The molecule has 1 amide bonds. The maximum Gasteiger partial charge on any atom is 0.237 e. The average Bonchev–Trinajstić information content (AvgIpc) is 2.70. The molecule has 2 atom stereocenters. The Kier molecular flexibility index (Phi) is 5.58. The van der Waals surface area contributed by atoms with Gasteiger partial charge in [-0.3, -0.25) is 4.79 Å². The van der Waals surface area contributed by atoms with Gasteiger partial charge in [-0.2, -0.15) is 11.8 Å². The number of hydrogen-bond acceptors (Lipinski definition) is 4. The molecule has 0 saturated carbocycles. The lowest BCUT2D eigenvalue weighted by atomic mass is 10.0. The molecule has 1 aliphatic rings. The van der Waals surface area contributed by atoms with Gasteiger partial charge in [0.25, 0.3) is 0 Å². The zero-order chi connectivity index (χ0) is 12.0. The van der Waals surface area contributed by atoms with Crippen LogP contribution in [0.5, 0.6) is 0 Å². The molecule has 0 aliphatic carbocycles. The normalized spacial score (nSPS) is 26.7. The zero-order valence-electron chi connectivity index (χ0n) is 10.1. The van der Waals surface area contributed by atoms with E-state index in [1.807, 2.05) is 13.2 Å². The van der Waals surface area contributed by atoms with Crippen LogP contribution in [0, 0.1) is 0 Å². The van der Waals surface area contributed by atoms with Gasteiger partial charge < -0.3 is 15.8 Å². The molecule has 5 heteroatoms. The van der Waals surface area contributed by atoms with Crippen LogP contribution in [0.25, 0.3) is 0 Å². The third-order valence-electron chi connectivity index (χ3n) is 2.91. The summed E-state index contributed by atoms with van der Waals surface area (Å²) < 4.78 is 5.59. The monoisotopic (exact) mass is 246 g/mol. The highest BCUT2D eigenvalue weighted by atomic mass is 32.2. The van der Waals surface area contributed by atoms with Crippen molar-refractivity contribution >= 4 is 17.7 Å². The molecule has 3 N–H and O–H groups in total. The number of carbonyl (C=O) groups excluding carboxylic acids is 1. The van der Waals surface area contributed by atoms with Gasteiger partial charge in [-0.25, -0.2) is 0 Å². The number of ether oxygens (including phenoxy) is 1. The predicted molar refractivity (Wildman–Crippen MR) is 67.6 cm³/mol. The first-order valence-corrected chi connectivity index (χ1v) is 7.13. The van der Waals surface area contributed by atoms with E-state index in [4.69, 9.17) is 10.5 Å². The number of hydrogen-bond donors (Lipinski definition) is 2. The number of amides is 1. The fourth-order valence-corrected chi connectivity index (χ4v) is 2.25. The summed E-state index contributed by atoms with van der Waals surface area (Å²) in [5, 5.41) is 2.88. The average molecular weight is 246 g/mol. The summed E-state index contributed by atoms with van der Waals surface area (Å²) in [7, 11) is 0. The maximum absolute atomic E-state index is 11.6. The van der Waals surface area contributed by atoms with Crippen LogP contribution in [0.3, 0.4) is 0 Å². The standard InChI is InChI=1S/C11H22N2O2S/c1-11(5-3-6-15-11)8-13-10(14)9(12)4-7-16-2/h9H,3-8,12H2,1-2H3,(H,13,14)/t9-,11?/m0/s1. The Labute approximate surface area is 102 Å². The SMILES string of the molecule is CSCC[C@H](N)C(=O)NCC1(C)CCCO1. The van der Waals surface area contributed by atoms with Crippen molar-refractivity contribution in [3.8, 4) is 0 Å². The molecule has 1 fully saturated rings. The number of rotatable bonds is 6. The Morgan fingerprint density at radius 2 is 2.44 bits per heavy atom. The first kappa shape index (κ1) is 13.8. The molecule has 0 radical (unpaired) electrons. The third-order valence-corrected chi connectivity index (χ3v) is 3.55. The molecule has 4 nitrogen and oxygen atoms in total. The van der Waals surface area contributed by atoms with Gasteiger partial charge in [-0.15, -0.1) is 0 Å². The summed E-state index contributed by atoms with van der Waals surface area (Å²) in [6, 6.07) is -0.391. The first-order chi connectivity index (χ1) is 7.57. The largest absolute Gasteiger partial charge is 0.373 e. The van der Waals surface area contributed by atoms with E-state index in [1.165, 1.54) is 0 Å². The Hall–Kier alpha value is -0.260. The molecule has 1 rings (SSSR count). The van der Waals surface area contributed by atoms with Gasteiger partial charge in [-0.05, 0) is 38.2 Å². The highest BCUT2D eigenvalue weighted by Gasteiger charge is 2.30. The van der Waals surface area contributed by atoms with Crippen LogP contribution in [0.4, 0.5) is 0 Å². The van der Waals surface area contributed by atoms with Gasteiger partial charge in [0.1, 0.15) is 0 Å². The van der Waals surface area contributed by atoms with Gasteiger partial charge in [0.15, 0.2) is 0 Å². The van der Waals surface area contributed by atoms with Crippen LogP contribution in [0.15, 0.2) is 0 Å². The Bertz CT molecular complexity index is 230. The maximum atomic E-state index is 11.6. The summed E-state index contributed by atoms with van der Waals surface area (Å²) in [4.78, 5) is 11.6. The van der Waals surface area contributed by atoms with Crippen LogP contribution in [0.2, 0.25) is 0 Å². The van der Waals surface area contributed by atoms with E-state index >= 15 is 0 Å². The van der Waals surface area contributed by atoms with Gasteiger partial charge in [0.2, 0.25) is 5.91 Å². The molecule has 1 aliphatic heterocycles. The second-order valence-electron chi connectivity index (χ2n) is 4.51. The number of nitrogens with one attached hydrogen (secondary N) is 1.